The van der Waals surface area contributed by atoms with Gasteiger partial charge in [0.05, 0.1) is 17.9 Å². The topological polar surface area (TPSA) is 75.0 Å². The molecule has 1 aromatic carbocycles. The number of primary amides is 1. The number of carbonyl (C=O) groups is 1. The molecular formula is C15H18N4O. The normalized spacial score (nSPS) is 18.8. The Morgan fingerprint density at radius 3 is 2.85 bits per heavy atom. The zero-order valence-corrected chi connectivity index (χ0v) is 11.5. The summed E-state index contributed by atoms with van der Waals surface area (Å²) in [7, 11) is 0. The first-order valence-electron chi connectivity index (χ1n) is 6.74. The SMILES string of the molecule is Cc1cn[nH]c1CN1Cc2ccccc2CC1C(N)=O. The lowest BCUT2D eigenvalue weighted by molar-refractivity contribution is -0.124. The molecular weight excluding hydrogens is 252 g/mol. The molecule has 0 spiro atoms. The number of rotatable bonds is 3. The molecule has 2 heterocycles. The number of benzene rings is 1. The van der Waals surface area contributed by atoms with Gasteiger partial charge < -0.3 is 5.73 Å². The quantitative estimate of drug-likeness (QED) is 0.878. The van der Waals surface area contributed by atoms with Gasteiger partial charge in [0, 0.05) is 13.1 Å². The summed E-state index contributed by atoms with van der Waals surface area (Å²) in [5.74, 6) is -0.267. The number of aryl methyl sites for hydroxylation is 1. The number of nitrogens with zero attached hydrogens (tertiary/aromatic N) is 2. The van der Waals surface area contributed by atoms with E-state index >= 15 is 0 Å². The Labute approximate surface area is 117 Å². The lowest BCUT2D eigenvalue weighted by atomic mass is 9.93. The molecule has 0 bridgehead atoms. The molecule has 1 aliphatic heterocycles. The number of hydrogen-bond donors (Lipinski definition) is 2. The summed E-state index contributed by atoms with van der Waals surface area (Å²) in [6, 6.07) is 7.96. The molecule has 0 saturated carbocycles. The highest BCUT2D eigenvalue weighted by molar-refractivity contribution is 5.80. The maximum Gasteiger partial charge on any atom is 0.235 e. The third-order valence-electron chi connectivity index (χ3n) is 3.97. The van der Waals surface area contributed by atoms with Crippen molar-refractivity contribution in [1.29, 1.82) is 0 Å². The molecule has 0 saturated heterocycles. The van der Waals surface area contributed by atoms with E-state index in [9.17, 15) is 4.79 Å². The number of nitrogens with two attached hydrogens (primary N) is 1. The molecule has 1 aromatic heterocycles. The van der Waals surface area contributed by atoms with Crippen LogP contribution in [0.4, 0.5) is 0 Å². The van der Waals surface area contributed by atoms with Gasteiger partial charge in [0.2, 0.25) is 5.91 Å². The van der Waals surface area contributed by atoms with Crippen LogP contribution in [0.5, 0.6) is 0 Å². The molecule has 3 rings (SSSR count). The van der Waals surface area contributed by atoms with E-state index in [0.717, 1.165) is 17.8 Å². The number of amides is 1. The smallest absolute Gasteiger partial charge is 0.235 e. The molecule has 20 heavy (non-hydrogen) atoms. The van der Waals surface area contributed by atoms with Crippen LogP contribution in [0.1, 0.15) is 22.4 Å². The molecule has 2 aromatic rings. The molecule has 0 fully saturated rings. The van der Waals surface area contributed by atoms with E-state index in [0.29, 0.717) is 13.0 Å². The summed E-state index contributed by atoms with van der Waals surface area (Å²) in [4.78, 5) is 13.9. The van der Waals surface area contributed by atoms with Crippen LogP contribution in [0.15, 0.2) is 30.5 Å². The van der Waals surface area contributed by atoms with Gasteiger partial charge in [-0.2, -0.15) is 5.10 Å². The lowest BCUT2D eigenvalue weighted by Gasteiger charge is -2.34. The first kappa shape index (κ1) is 12.9. The molecule has 5 nitrogen and oxygen atoms in total. The molecule has 1 unspecified atom stereocenters. The van der Waals surface area contributed by atoms with Gasteiger partial charge >= 0.3 is 0 Å². The predicted octanol–water partition coefficient (Wildman–Crippen LogP) is 1.13. The average molecular weight is 270 g/mol. The average Bonchev–Trinajstić information content (AvgIpc) is 2.83. The largest absolute Gasteiger partial charge is 0.368 e. The number of aromatic nitrogens is 2. The number of aromatic amines is 1. The van der Waals surface area contributed by atoms with Gasteiger partial charge in [-0.15, -0.1) is 0 Å². The van der Waals surface area contributed by atoms with E-state index in [4.69, 9.17) is 5.73 Å². The number of carbonyl (C=O) groups excluding carboxylic acids is 1. The van der Waals surface area contributed by atoms with Crippen LogP contribution in [-0.4, -0.2) is 27.0 Å². The third kappa shape index (κ3) is 2.32. The molecule has 1 amide bonds. The second kappa shape index (κ2) is 5.09. The molecule has 104 valence electrons. The van der Waals surface area contributed by atoms with E-state index in [1.807, 2.05) is 19.1 Å². The van der Waals surface area contributed by atoms with Crippen molar-refractivity contribution in [3.63, 3.8) is 0 Å². The van der Waals surface area contributed by atoms with E-state index in [1.165, 1.54) is 11.1 Å². The molecule has 1 aliphatic rings. The van der Waals surface area contributed by atoms with Crippen molar-refractivity contribution < 1.29 is 4.79 Å². The second-order valence-corrected chi connectivity index (χ2v) is 5.33. The summed E-state index contributed by atoms with van der Waals surface area (Å²) < 4.78 is 0. The second-order valence-electron chi connectivity index (χ2n) is 5.33. The van der Waals surface area contributed by atoms with Crippen LogP contribution in [0.25, 0.3) is 0 Å². The predicted molar refractivity (Wildman–Crippen MR) is 75.7 cm³/mol. The summed E-state index contributed by atoms with van der Waals surface area (Å²) in [6.07, 6.45) is 2.48. The first-order chi connectivity index (χ1) is 9.65. The van der Waals surface area contributed by atoms with Crippen LogP contribution >= 0.6 is 0 Å². The Hall–Kier alpha value is -2.14. The van der Waals surface area contributed by atoms with Gasteiger partial charge in [-0.3, -0.25) is 14.8 Å². The molecule has 3 N–H and O–H groups in total. The van der Waals surface area contributed by atoms with Crippen LogP contribution < -0.4 is 5.73 Å². The number of fused-ring (bicyclic) bond motifs is 1. The Morgan fingerprint density at radius 2 is 2.20 bits per heavy atom. The van der Waals surface area contributed by atoms with Crippen LogP contribution in [-0.2, 0) is 24.3 Å². The molecule has 5 heteroatoms. The number of hydrogen-bond acceptors (Lipinski definition) is 3. The molecule has 1 atom stereocenters. The van der Waals surface area contributed by atoms with Gasteiger partial charge in [-0.1, -0.05) is 24.3 Å². The fraction of sp³-hybridized carbons (Fsp3) is 0.333. The maximum absolute atomic E-state index is 11.7. The summed E-state index contributed by atoms with van der Waals surface area (Å²) >= 11 is 0. The number of H-pyrrole nitrogens is 1. The van der Waals surface area contributed by atoms with Crippen molar-refractivity contribution in [2.75, 3.05) is 0 Å². The monoisotopic (exact) mass is 270 g/mol. The van der Waals surface area contributed by atoms with Crippen molar-refractivity contribution in [3.8, 4) is 0 Å². The standard InChI is InChI=1S/C15H18N4O/c1-10-7-17-18-13(10)9-19-8-12-5-3-2-4-11(12)6-14(19)15(16)20/h2-5,7,14H,6,8-9H2,1H3,(H2,16,20)(H,17,18). The van der Waals surface area contributed by atoms with Crippen molar-refractivity contribution >= 4 is 5.91 Å². The Bertz CT molecular complexity index is 634. The highest BCUT2D eigenvalue weighted by Gasteiger charge is 2.30. The summed E-state index contributed by atoms with van der Waals surface area (Å²) in [5.41, 5.74) is 10.2. The Balaban J connectivity index is 1.89. The Morgan fingerprint density at radius 1 is 1.45 bits per heavy atom. The first-order valence-corrected chi connectivity index (χ1v) is 6.74. The summed E-state index contributed by atoms with van der Waals surface area (Å²) in [6.45, 7) is 3.41. The van der Waals surface area contributed by atoms with Gasteiger partial charge in [0.25, 0.3) is 0 Å². The van der Waals surface area contributed by atoms with E-state index in [1.54, 1.807) is 6.20 Å². The highest BCUT2D eigenvalue weighted by atomic mass is 16.1. The van der Waals surface area contributed by atoms with Crippen LogP contribution in [0.3, 0.4) is 0 Å². The van der Waals surface area contributed by atoms with E-state index in [2.05, 4.69) is 27.2 Å². The maximum atomic E-state index is 11.7. The fourth-order valence-electron chi connectivity index (χ4n) is 2.76. The van der Waals surface area contributed by atoms with Crippen molar-refractivity contribution in [2.24, 2.45) is 5.73 Å². The van der Waals surface area contributed by atoms with Gasteiger partial charge in [-0.25, -0.2) is 0 Å². The molecule has 0 radical (unpaired) electrons. The fourth-order valence-corrected chi connectivity index (χ4v) is 2.76. The van der Waals surface area contributed by atoms with E-state index < -0.39 is 0 Å². The van der Waals surface area contributed by atoms with Gasteiger partial charge in [-0.05, 0) is 30.0 Å². The van der Waals surface area contributed by atoms with Crippen molar-refractivity contribution in [3.05, 3.63) is 52.8 Å². The van der Waals surface area contributed by atoms with Crippen LogP contribution in [0, 0.1) is 6.92 Å². The van der Waals surface area contributed by atoms with Gasteiger partial charge in [0.1, 0.15) is 0 Å². The minimum atomic E-state index is -0.267. The zero-order valence-electron chi connectivity index (χ0n) is 11.5. The van der Waals surface area contributed by atoms with Crippen LogP contribution in [0.2, 0.25) is 0 Å². The zero-order chi connectivity index (χ0) is 14.1. The Kier molecular flexibility index (Phi) is 3.28. The van der Waals surface area contributed by atoms with Gasteiger partial charge in [0.15, 0.2) is 0 Å². The highest BCUT2D eigenvalue weighted by Crippen LogP contribution is 2.24. The lowest BCUT2D eigenvalue weighted by Crippen LogP contribution is -2.48. The van der Waals surface area contributed by atoms with Crippen molar-refractivity contribution in [2.45, 2.75) is 32.5 Å². The minimum absolute atomic E-state index is 0.257. The molecule has 0 aliphatic carbocycles. The van der Waals surface area contributed by atoms with E-state index in [-0.39, 0.29) is 11.9 Å². The van der Waals surface area contributed by atoms with Crippen molar-refractivity contribution in [1.82, 2.24) is 15.1 Å². The third-order valence-corrected chi connectivity index (χ3v) is 3.97. The summed E-state index contributed by atoms with van der Waals surface area (Å²) in [5, 5.41) is 7.03. The minimum Gasteiger partial charge on any atom is -0.368 e. The number of nitrogens with one attached hydrogen (secondary N) is 1.